The molecule has 0 spiro atoms. The van der Waals surface area contributed by atoms with E-state index in [2.05, 4.69) is 34.2 Å². The van der Waals surface area contributed by atoms with Crippen molar-refractivity contribution in [3.63, 3.8) is 0 Å². The standard InChI is InChI=1S/C19H26N4O3/c1-13-8-14(2)11-23(10-13)12-19-21-17(22-26-19)9-18(24)20-15-6-4-5-7-16(15)25-3/h4-7,13-14H,8-12H2,1-3H3,(H,20,24)/t13-,14-/m1/s1. The number of benzene rings is 1. The normalized spacial score (nSPS) is 20.7. The van der Waals surface area contributed by atoms with E-state index in [0.717, 1.165) is 13.1 Å². The highest BCUT2D eigenvalue weighted by atomic mass is 16.5. The maximum Gasteiger partial charge on any atom is 0.240 e. The summed E-state index contributed by atoms with van der Waals surface area (Å²) in [7, 11) is 1.57. The van der Waals surface area contributed by atoms with Gasteiger partial charge in [0.2, 0.25) is 11.8 Å². The predicted octanol–water partition coefficient (Wildman–Crippen LogP) is 2.74. The number of aromatic nitrogens is 2. The number of likely N-dealkylation sites (tertiary alicyclic amines) is 1. The van der Waals surface area contributed by atoms with Crippen LogP contribution in [0.25, 0.3) is 0 Å². The monoisotopic (exact) mass is 358 g/mol. The van der Waals surface area contributed by atoms with Crippen LogP contribution in [-0.4, -0.2) is 41.1 Å². The van der Waals surface area contributed by atoms with Gasteiger partial charge in [0.25, 0.3) is 0 Å². The van der Waals surface area contributed by atoms with Crippen LogP contribution < -0.4 is 10.1 Å². The second-order valence-electron chi connectivity index (χ2n) is 7.17. The van der Waals surface area contributed by atoms with Crippen LogP contribution in [-0.2, 0) is 17.8 Å². The topological polar surface area (TPSA) is 80.5 Å². The first-order valence-electron chi connectivity index (χ1n) is 9.00. The summed E-state index contributed by atoms with van der Waals surface area (Å²) in [6, 6.07) is 7.27. The minimum atomic E-state index is -0.206. The molecule has 0 aliphatic carbocycles. The van der Waals surface area contributed by atoms with E-state index in [1.807, 2.05) is 12.1 Å². The Morgan fingerprint density at radius 2 is 2.04 bits per heavy atom. The molecule has 2 aromatic rings. The van der Waals surface area contributed by atoms with Crippen LogP contribution in [0.15, 0.2) is 28.8 Å². The molecule has 7 heteroatoms. The number of carbonyl (C=O) groups excluding carboxylic acids is 1. The number of carbonyl (C=O) groups is 1. The molecule has 3 rings (SSSR count). The van der Waals surface area contributed by atoms with E-state index in [1.54, 1.807) is 19.2 Å². The highest BCUT2D eigenvalue weighted by Gasteiger charge is 2.23. The van der Waals surface area contributed by atoms with E-state index < -0.39 is 0 Å². The summed E-state index contributed by atoms with van der Waals surface area (Å²) in [5.74, 6) is 2.71. The van der Waals surface area contributed by atoms with E-state index in [0.29, 0.717) is 41.5 Å². The Balaban J connectivity index is 1.55. The molecule has 0 saturated carbocycles. The van der Waals surface area contributed by atoms with Gasteiger partial charge in [-0.3, -0.25) is 9.69 Å². The second-order valence-corrected chi connectivity index (χ2v) is 7.17. The number of anilines is 1. The maximum absolute atomic E-state index is 12.2. The molecule has 0 radical (unpaired) electrons. The number of hydrogen-bond donors (Lipinski definition) is 1. The largest absolute Gasteiger partial charge is 0.495 e. The fourth-order valence-corrected chi connectivity index (χ4v) is 3.62. The molecule has 1 aromatic heterocycles. The molecule has 7 nitrogen and oxygen atoms in total. The van der Waals surface area contributed by atoms with Gasteiger partial charge in [-0.25, -0.2) is 0 Å². The van der Waals surface area contributed by atoms with Crippen LogP contribution in [0.2, 0.25) is 0 Å². The lowest BCUT2D eigenvalue weighted by Crippen LogP contribution is -2.38. The highest BCUT2D eigenvalue weighted by molar-refractivity contribution is 5.93. The zero-order valence-corrected chi connectivity index (χ0v) is 15.6. The van der Waals surface area contributed by atoms with Gasteiger partial charge in [0.1, 0.15) is 5.75 Å². The smallest absolute Gasteiger partial charge is 0.240 e. The summed E-state index contributed by atoms with van der Waals surface area (Å²) in [4.78, 5) is 18.9. The molecule has 1 aliphatic heterocycles. The van der Waals surface area contributed by atoms with Gasteiger partial charge in [-0.2, -0.15) is 4.98 Å². The first kappa shape index (κ1) is 18.4. The minimum absolute atomic E-state index is 0.0638. The number of hydrogen-bond acceptors (Lipinski definition) is 6. The number of amides is 1. The molecule has 1 saturated heterocycles. The highest BCUT2D eigenvalue weighted by Crippen LogP contribution is 2.23. The van der Waals surface area contributed by atoms with Gasteiger partial charge >= 0.3 is 0 Å². The summed E-state index contributed by atoms with van der Waals surface area (Å²) >= 11 is 0. The van der Waals surface area contributed by atoms with E-state index in [-0.39, 0.29) is 12.3 Å². The van der Waals surface area contributed by atoms with Gasteiger partial charge in [-0.15, -0.1) is 0 Å². The summed E-state index contributed by atoms with van der Waals surface area (Å²) in [5.41, 5.74) is 0.625. The third-order valence-corrected chi connectivity index (χ3v) is 4.51. The van der Waals surface area contributed by atoms with E-state index in [4.69, 9.17) is 9.26 Å². The summed E-state index contributed by atoms with van der Waals surface area (Å²) in [5, 5.41) is 6.76. The maximum atomic E-state index is 12.2. The van der Waals surface area contributed by atoms with Crippen LogP contribution >= 0.6 is 0 Å². The number of para-hydroxylation sites is 2. The number of piperidine rings is 1. The summed E-state index contributed by atoms with van der Waals surface area (Å²) in [6.07, 6.45) is 1.32. The third-order valence-electron chi connectivity index (χ3n) is 4.51. The zero-order valence-electron chi connectivity index (χ0n) is 15.6. The molecule has 1 aromatic carbocycles. The van der Waals surface area contributed by atoms with Crippen LogP contribution in [0.3, 0.4) is 0 Å². The third kappa shape index (κ3) is 4.82. The Morgan fingerprint density at radius 1 is 1.31 bits per heavy atom. The van der Waals surface area contributed by atoms with Crippen molar-refractivity contribution < 1.29 is 14.1 Å². The van der Waals surface area contributed by atoms with Gasteiger partial charge in [0.15, 0.2) is 5.82 Å². The van der Waals surface area contributed by atoms with Crippen molar-refractivity contribution in [1.29, 1.82) is 0 Å². The molecule has 1 amide bonds. The minimum Gasteiger partial charge on any atom is -0.495 e. The Morgan fingerprint density at radius 3 is 2.77 bits per heavy atom. The van der Waals surface area contributed by atoms with Crippen molar-refractivity contribution in [2.75, 3.05) is 25.5 Å². The van der Waals surface area contributed by atoms with Crippen molar-refractivity contribution >= 4 is 11.6 Å². The Kier molecular flexibility index (Phi) is 5.88. The lowest BCUT2D eigenvalue weighted by Gasteiger charge is -2.33. The molecule has 0 unspecified atom stereocenters. The molecule has 1 fully saturated rings. The Bertz CT molecular complexity index is 736. The molecule has 2 atom stereocenters. The lowest BCUT2D eigenvalue weighted by molar-refractivity contribution is -0.115. The number of methoxy groups -OCH3 is 1. The predicted molar refractivity (Wildman–Crippen MR) is 97.8 cm³/mol. The quantitative estimate of drug-likeness (QED) is 0.855. The van der Waals surface area contributed by atoms with Crippen LogP contribution in [0.4, 0.5) is 5.69 Å². The average molecular weight is 358 g/mol. The van der Waals surface area contributed by atoms with E-state index >= 15 is 0 Å². The van der Waals surface area contributed by atoms with Crippen LogP contribution in [0, 0.1) is 11.8 Å². The van der Waals surface area contributed by atoms with Crippen molar-refractivity contribution in [1.82, 2.24) is 15.0 Å². The number of rotatable bonds is 6. The Labute approximate surface area is 153 Å². The van der Waals surface area contributed by atoms with Crippen molar-refractivity contribution in [2.45, 2.75) is 33.2 Å². The number of ether oxygens (including phenoxy) is 1. The molecule has 0 bridgehead atoms. The molecule has 140 valence electrons. The van der Waals surface area contributed by atoms with Crippen molar-refractivity contribution in [3.05, 3.63) is 36.0 Å². The Hall–Kier alpha value is -2.41. The zero-order chi connectivity index (χ0) is 18.5. The summed E-state index contributed by atoms with van der Waals surface area (Å²) in [6.45, 7) is 7.25. The second kappa shape index (κ2) is 8.31. The van der Waals surface area contributed by atoms with Gasteiger partial charge in [-0.05, 0) is 30.4 Å². The molecular formula is C19H26N4O3. The first-order valence-corrected chi connectivity index (χ1v) is 9.00. The van der Waals surface area contributed by atoms with Crippen LogP contribution in [0.5, 0.6) is 5.75 Å². The van der Waals surface area contributed by atoms with E-state index in [1.165, 1.54) is 6.42 Å². The van der Waals surface area contributed by atoms with Gasteiger partial charge < -0.3 is 14.6 Å². The molecule has 1 N–H and O–H groups in total. The average Bonchev–Trinajstić information content (AvgIpc) is 3.01. The fourth-order valence-electron chi connectivity index (χ4n) is 3.62. The molecule has 26 heavy (non-hydrogen) atoms. The van der Waals surface area contributed by atoms with Gasteiger partial charge in [0, 0.05) is 13.1 Å². The summed E-state index contributed by atoms with van der Waals surface area (Å²) < 4.78 is 10.6. The number of nitrogens with zero attached hydrogens (tertiary/aromatic N) is 3. The molecular weight excluding hydrogens is 332 g/mol. The van der Waals surface area contributed by atoms with E-state index in [9.17, 15) is 4.79 Å². The van der Waals surface area contributed by atoms with Gasteiger partial charge in [0.05, 0.1) is 25.8 Å². The SMILES string of the molecule is COc1ccccc1NC(=O)Cc1noc(CN2C[C@H](C)C[C@@H](C)C2)n1. The van der Waals surface area contributed by atoms with Gasteiger partial charge in [-0.1, -0.05) is 31.1 Å². The van der Waals surface area contributed by atoms with Crippen molar-refractivity contribution in [3.8, 4) is 5.75 Å². The van der Waals surface area contributed by atoms with Crippen LogP contribution in [0.1, 0.15) is 32.0 Å². The lowest BCUT2D eigenvalue weighted by atomic mass is 9.92. The molecule has 1 aliphatic rings. The van der Waals surface area contributed by atoms with Crippen molar-refractivity contribution in [2.24, 2.45) is 11.8 Å². The number of nitrogens with one attached hydrogen (secondary N) is 1. The molecule has 2 heterocycles. The fraction of sp³-hybridized carbons (Fsp3) is 0.526. The first-order chi connectivity index (χ1) is 12.5.